The van der Waals surface area contributed by atoms with Crippen LogP contribution in [0.15, 0.2) is 67.1 Å². The number of fused-ring (bicyclic) bond motifs is 3. The summed E-state index contributed by atoms with van der Waals surface area (Å²) in [4.78, 5) is 20.7. The van der Waals surface area contributed by atoms with E-state index in [1.165, 1.54) is 6.92 Å². The molecule has 0 saturated heterocycles. The molecule has 0 atom stereocenters. The molecule has 3 aromatic heterocycles. The van der Waals surface area contributed by atoms with Gasteiger partial charge in [-0.3, -0.25) is 14.5 Å². The van der Waals surface area contributed by atoms with E-state index < -0.39 is 5.41 Å². The number of aryl methyl sites for hydroxylation is 1. The van der Waals surface area contributed by atoms with Crippen molar-refractivity contribution in [3.8, 4) is 28.5 Å². The van der Waals surface area contributed by atoms with Crippen LogP contribution >= 0.6 is 0 Å². The molecule has 0 saturated carbocycles. The molecule has 1 N–H and O–H groups in total. The minimum absolute atomic E-state index is 0.138. The average Bonchev–Trinajstić information content (AvgIpc) is 3.25. The second kappa shape index (κ2) is 8.33. The zero-order chi connectivity index (χ0) is 24.7. The first kappa shape index (κ1) is 22.2. The Hall–Kier alpha value is -4.57. The van der Waals surface area contributed by atoms with E-state index in [2.05, 4.69) is 27.5 Å². The standard InChI is InChI=1S/C28H24N6O/c1-17(35)32-22-11-20(13-30-14-22)19-7-10-25-23(12-19)24-15-31-34(4)27(24)26(33-25)18-5-8-21(9-6-18)28(2,3)16-29/h5-15H,1-4H3,(H,32,35). The number of hydrogen-bond donors (Lipinski definition) is 1. The molecule has 7 heteroatoms. The van der Waals surface area contributed by atoms with Gasteiger partial charge in [-0.05, 0) is 43.2 Å². The van der Waals surface area contributed by atoms with Crippen LogP contribution < -0.4 is 5.32 Å². The number of aromatic nitrogens is 4. The highest BCUT2D eigenvalue weighted by Gasteiger charge is 2.20. The summed E-state index contributed by atoms with van der Waals surface area (Å²) in [6.45, 7) is 5.30. The SMILES string of the molecule is CC(=O)Nc1cncc(-c2ccc3nc(-c4ccc(C(C)(C)C#N)cc4)c4c(cnn4C)c3c2)c1. The Labute approximate surface area is 203 Å². The van der Waals surface area contributed by atoms with Gasteiger partial charge in [0.2, 0.25) is 5.91 Å². The first-order valence-corrected chi connectivity index (χ1v) is 11.3. The van der Waals surface area contributed by atoms with Gasteiger partial charge in [0.25, 0.3) is 0 Å². The molecule has 172 valence electrons. The highest BCUT2D eigenvalue weighted by Crippen LogP contribution is 2.35. The Morgan fingerprint density at radius 1 is 0.971 bits per heavy atom. The summed E-state index contributed by atoms with van der Waals surface area (Å²) in [7, 11) is 1.91. The summed E-state index contributed by atoms with van der Waals surface area (Å²) in [6, 6.07) is 18.4. The maximum absolute atomic E-state index is 11.4. The van der Waals surface area contributed by atoms with Crippen LogP contribution in [0, 0.1) is 11.3 Å². The minimum Gasteiger partial charge on any atom is -0.325 e. The van der Waals surface area contributed by atoms with E-state index in [0.717, 1.165) is 49.8 Å². The molecule has 5 rings (SSSR count). The van der Waals surface area contributed by atoms with E-state index in [9.17, 15) is 10.1 Å². The molecule has 0 aliphatic rings. The fourth-order valence-corrected chi connectivity index (χ4v) is 4.30. The summed E-state index contributed by atoms with van der Waals surface area (Å²) in [6.07, 6.45) is 5.27. The van der Waals surface area contributed by atoms with E-state index in [1.54, 1.807) is 12.4 Å². The largest absolute Gasteiger partial charge is 0.325 e. The molecule has 0 fully saturated rings. The van der Waals surface area contributed by atoms with E-state index in [-0.39, 0.29) is 5.91 Å². The number of anilines is 1. The zero-order valence-corrected chi connectivity index (χ0v) is 20.0. The molecule has 0 aliphatic heterocycles. The van der Waals surface area contributed by atoms with Crippen molar-refractivity contribution in [3.05, 3.63) is 72.7 Å². The third-order valence-corrected chi connectivity index (χ3v) is 6.23. The topological polar surface area (TPSA) is 96.5 Å². The summed E-state index contributed by atoms with van der Waals surface area (Å²) < 4.78 is 1.84. The van der Waals surface area contributed by atoms with Crippen LogP contribution in [0.25, 0.3) is 44.2 Å². The fourth-order valence-electron chi connectivity index (χ4n) is 4.30. The molecule has 0 aliphatic carbocycles. The van der Waals surface area contributed by atoms with Crippen LogP contribution in [0.2, 0.25) is 0 Å². The van der Waals surface area contributed by atoms with Gasteiger partial charge in [0.05, 0.1) is 46.3 Å². The van der Waals surface area contributed by atoms with Crippen LogP contribution in [0.4, 0.5) is 5.69 Å². The second-order valence-corrected chi connectivity index (χ2v) is 9.18. The van der Waals surface area contributed by atoms with Crippen molar-refractivity contribution in [2.75, 3.05) is 5.32 Å². The predicted octanol–water partition coefficient (Wildman–Crippen LogP) is 5.61. The third-order valence-electron chi connectivity index (χ3n) is 6.23. The van der Waals surface area contributed by atoms with Crippen molar-refractivity contribution < 1.29 is 4.79 Å². The van der Waals surface area contributed by atoms with Crippen LogP contribution in [-0.2, 0) is 17.3 Å². The number of pyridine rings is 2. The minimum atomic E-state index is -0.556. The van der Waals surface area contributed by atoms with E-state index in [1.807, 2.05) is 74.2 Å². The van der Waals surface area contributed by atoms with Gasteiger partial charge >= 0.3 is 0 Å². The van der Waals surface area contributed by atoms with Gasteiger partial charge in [-0.1, -0.05) is 30.3 Å². The van der Waals surface area contributed by atoms with Gasteiger partial charge in [0.1, 0.15) is 0 Å². The Balaban J connectivity index is 1.65. The van der Waals surface area contributed by atoms with Crippen LogP contribution in [-0.4, -0.2) is 25.7 Å². The molecule has 35 heavy (non-hydrogen) atoms. The van der Waals surface area contributed by atoms with Crippen molar-refractivity contribution in [3.63, 3.8) is 0 Å². The molecule has 1 amide bonds. The zero-order valence-electron chi connectivity index (χ0n) is 20.0. The first-order valence-electron chi connectivity index (χ1n) is 11.3. The smallest absolute Gasteiger partial charge is 0.221 e. The monoisotopic (exact) mass is 460 g/mol. The Morgan fingerprint density at radius 3 is 2.43 bits per heavy atom. The summed E-state index contributed by atoms with van der Waals surface area (Å²) >= 11 is 0. The van der Waals surface area contributed by atoms with Crippen molar-refractivity contribution in [2.24, 2.45) is 7.05 Å². The highest BCUT2D eigenvalue weighted by atomic mass is 16.1. The van der Waals surface area contributed by atoms with Gasteiger partial charge < -0.3 is 5.32 Å². The van der Waals surface area contributed by atoms with Crippen molar-refractivity contribution >= 4 is 33.4 Å². The number of hydrogen-bond acceptors (Lipinski definition) is 5. The summed E-state index contributed by atoms with van der Waals surface area (Å²) in [5.41, 5.74) is 6.53. The van der Waals surface area contributed by atoms with Crippen LogP contribution in [0.3, 0.4) is 0 Å². The molecule has 2 aromatic carbocycles. The number of nitriles is 1. The Bertz CT molecular complexity index is 1640. The number of rotatable bonds is 4. The maximum Gasteiger partial charge on any atom is 0.221 e. The van der Waals surface area contributed by atoms with Crippen molar-refractivity contribution in [1.82, 2.24) is 19.7 Å². The lowest BCUT2D eigenvalue weighted by Crippen LogP contribution is -2.13. The molecule has 0 spiro atoms. The van der Waals surface area contributed by atoms with Crippen molar-refractivity contribution in [2.45, 2.75) is 26.2 Å². The lowest BCUT2D eigenvalue weighted by Gasteiger charge is -2.16. The maximum atomic E-state index is 11.4. The fraction of sp³-hybridized carbons (Fsp3) is 0.179. The quantitative estimate of drug-likeness (QED) is 0.376. The van der Waals surface area contributed by atoms with E-state index >= 15 is 0 Å². The molecule has 5 aromatic rings. The molecule has 7 nitrogen and oxygen atoms in total. The lowest BCUT2D eigenvalue weighted by atomic mass is 9.86. The first-order chi connectivity index (χ1) is 16.8. The van der Waals surface area contributed by atoms with Crippen LogP contribution in [0.1, 0.15) is 26.3 Å². The Kier molecular flexibility index (Phi) is 5.29. The molecular formula is C28H24N6O. The average molecular weight is 461 g/mol. The highest BCUT2D eigenvalue weighted by molar-refractivity contribution is 6.10. The van der Waals surface area contributed by atoms with Crippen molar-refractivity contribution in [1.29, 1.82) is 5.26 Å². The summed E-state index contributed by atoms with van der Waals surface area (Å²) in [5, 5.41) is 18.8. The number of nitrogens with one attached hydrogen (secondary N) is 1. The molecular weight excluding hydrogens is 436 g/mol. The number of carbonyl (C=O) groups excluding carboxylic acids is 1. The van der Waals surface area contributed by atoms with Crippen LogP contribution in [0.5, 0.6) is 0 Å². The molecule has 0 bridgehead atoms. The van der Waals surface area contributed by atoms with Gasteiger partial charge in [0.15, 0.2) is 0 Å². The van der Waals surface area contributed by atoms with Gasteiger partial charge in [0, 0.05) is 42.1 Å². The number of benzene rings is 2. The Morgan fingerprint density at radius 2 is 1.71 bits per heavy atom. The molecule has 0 unspecified atom stereocenters. The second-order valence-electron chi connectivity index (χ2n) is 9.18. The van der Waals surface area contributed by atoms with Gasteiger partial charge in [-0.15, -0.1) is 0 Å². The molecule has 0 radical (unpaired) electrons. The van der Waals surface area contributed by atoms with Gasteiger partial charge in [-0.25, -0.2) is 4.98 Å². The predicted molar refractivity (Wildman–Crippen MR) is 138 cm³/mol. The number of nitrogens with zero attached hydrogens (tertiary/aromatic N) is 5. The summed E-state index contributed by atoms with van der Waals surface area (Å²) in [5.74, 6) is -0.138. The number of amides is 1. The number of carbonyl (C=O) groups is 1. The molecule has 3 heterocycles. The van der Waals surface area contributed by atoms with Gasteiger partial charge in [-0.2, -0.15) is 10.4 Å². The third kappa shape index (κ3) is 4.00. The normalized spacial score (nSPS) is 11.5. The van der Waals surface area contributed by atoms with E-state index in [4.69, 9.17) is 4.98 Å². The lowest BCUT2D eigenvalue weighted by molar-refractivity contribution is -0.114. The van der Waals surface area contributed by atoms with E-state index in [0.29, 0.717) is 5.69 Å².